The van der Waals surface area contributed by atoms with Crippen molar-refractivity contribution in [3.8, 4) is 11.8 Å². The maximum Gasteiger partial charge on any atom is 0.335 e. The fourth-order valence-corrected chi connectivity index (χ4v) is 0.810. The van der Waals surface area contributed by atoms with Crippen molar-refractivity contribution >= 4 is 5.97 Å². The minimum atomic E-state index is -1.02. The van der Waals surface area contributed by atoms with Gasteiger partial charge in [0.1, 0.15) is 11.8 Å². The quantitative estimate of drug-likeness (QED) is 0.634. The van der Waals surface area contributed by atoms with E-state index in [4.69, 9.17) is 10.2 Å². The highest BCUT2D eigenvalue weighted by molar-refractivity contribution is 5.87. The smallest absolute Gasteiger partial charge is 0.335 e. The molecule has 1 rings (SSSR count). The number of aliphatic hydroxyl groups is 1. The third-order valence-corrected chi connectivity index (χ3v) is 1.42. The lowest BCUT2D eigenvalue weighted by atomic mass is 10.2. The van der Waals surface area contributed by atoms with Crippen LogP contribution in [0.4, 0.5) is 0 Å². The molecule has 0 bridgehead atoms. The Kier molecular flexibility index (Phi) is 3.21. The number of carbonyl (C=O) groups is 1. The van der Waals surface area contributed by atoms with E-state index in [-0.39, 0.29) is 5.56 Å². The van der Waals surface area contributed by atoms with Crippen LogP contribution in [0.2, 0.25) is 0 Å². The summed E-state index contributed by atoms with van der Waals surface area (Å²) in [5.41, 5.74) is 0.473. The minimum Gasteiger partial charge on any atom is -0.478 e. The first-order chi connectivity index (χ1) is 6.59. The normalized spacial score (nSPS) is 11.3. The van der Waals surface area contributed by atoms with Gasteiger partial charge in [-0.15, -0.1) is 0 Å². The van der Waals surface area contributed by atoms with E-state index < -0.39 is 12.1 Å². The van der Waals surface area contributed by atoms with Crippen LogP contribution in [0.25, 0.3) is 0 Å². The van der Waals surface area contributed by atoms with E-state index in [1.54, 1.807) is 0 Å². The van der Waals surface area contributed by atoms with E-state index in [9.17, 15) is 4.79 Å². The Bertz CT molecular complexity index is 401. The van der Waals surface area contributed by atoms with Crippen molar-refractivity contribution in [3.63, 3.8) is 0 Å². The van der Waals surface area contributed by atoms with Gasteiger partial charge in [-0.1, -0.05) is 5.92 Å². The molecule has 0 spiro atoms. The first-order valence-electron chi connectivity index (χ1n) is 3.98. The zero-order valence-corrected chi connectivity index (χ0v) is 7.56. The van der Waals surface area contributed by atoms with Crippen LogP contribution >= 0.6 is 0 Å². The Morgan fingerprint density at radius 2 is 2.36 bits per heavy atom. The van der Waals surface area contributed by atoms with Crippen LogP contribution in [0.3, 0.4) is 0 Å². The molecule has 0 fully saturated rings. The maximum absolute atomic E-state index is 10.6. The van der Waals surface area contributed by atoms with Gasteiger partial charge in [0.2, 0.25) is 0 Å². The van der Waals surface area contributed by atoms with Crippen molar-refractivity contribution in [2.45, 2.75) is 13.0 Å². The van der Waals surface area contributed by atoms with Crippen LogP contribution in [0, 0.1) is 11.8 Å². The van der Waals surface area contributed by atoms with Crippen LogP contribution in [0.1, 0.15) is 23.0 Å². The maximum atomic E-state index is 10.6. The van der Waals surface area contributed by atoms with Gasteiger partial charge >= 0.3 is 5.97 Å². The largest absolute Gasteiger partial charge is 0.478 e. The Morgan fingerprint density at radius 1 is 1.64 bits per heavy atom. The Labute approximate surface area is 81.2 Å². The monoisotopic (exact) mass is 191 g/mol. The molecule has 0 aliphatic rings. The molecule has 2 N–H and O–H groups in total. The molecular formula is C10H9NO3. The molecule has 1 aromatic rings. The van der Waals surface area contributed by atoms with Crippen molar-refractivity contribution in [2.75, 3.05) is 0 Å². The zero-order valence-electron chi connectivity index (χ0n) is 7.56. The highest BCUT2D eigenvalue weighted by Crippen LogP contribution is 2.00. The molecule has 0 aliphatic heterocycles. The third-order valence-electron chi connectivity index (χ3n) is 1.42. The molecule has 1 unspecified atom stereocenters. The second-order valence-corrected chi connectivity index (χ2v) is 2.68. The minimum absolute atomic E-state index is 0.134. The number of rotatable bonds is 1. The molecule has 72 valence electrons. The lowest BCUT2D eigenvalue weighted by Crippen LogP contribution is -1.98. The predicted octanol–water partition coefficient (Wildman–Crippen LogP) is 0.512. The second-order valence-electron chi connectivity index (χ2n) is 2.68. The number of carboxylic acid groups (broad SMARTS) is 1. The molecule has 4 nitrogen and oxygen atoms in total. The SMILES string of the molecule is CC(O)C#Cc1cc(C(=O)O)ccn1. The van der Waals surface area contributed by atoms with E-state index in [1.807, 2.05) is 0 Å². The number of hydrogen-bond acceptors (Lipinski definition) is 3. The van der Waals surface area contributed by atoms with Crippen molar-refractivity contribution < 1.29 is 15.0 Å². The van der Waals surface area contributed by atoms with E-state index in [0.717, 1.165) is 0 Å². The third kappa shape index (κ3) is 2.88. The molecule has 0 aliphatic carbocycles. The van der Waals surface area contributed by atoms with E-state index in [2.05, 4.69) is 16.8 Å². The molecule has 1 atom stereocenters. The van der Waals surface area contributed by atoms with E-state index >= 15 is 0 Å². The van der Waals surface area contributed by atoms with Gasteiger partial charge in [0, 0.05) is 6.20 Å². The van der Waals surface area contributed by atoms with Gasteiger partial charge in [0.05, 0.1) is 5.56 Å². The summed E-state index contributed by atoms with van der Waals surface area (Å²) >= 11 is 0. The van der Waals surface area contributed by atoms with Crippen molar-refractivity contribution in [1.29, 1.82) is 0 Å². The fourth-order valence-electron chi connectivity index (χ4n) is 0.810. The summed E-state index contributed by atoms with van der Waals surface area (Å²) in [5, 5.41) is 17.5. The fraction of sp³-hybridized carbons (Fsp3) is 0.200. The topological polar surface area (TPSA) is 70.4 Å². The molecule has 0 saturated carbocycles. The van der Waals surface area contributed by atoms with Gasteiger partial charge in [-0.25, -0.2) is 9.78 Å². The lowest BCUT2D eigenvalue weighted by Gasteiger charge is -1.94. The number of carboxylic acids is 1. The lowest BCUT2D eigenvalue weighted by molar-refractivity contribution is 0.0696. The highest BCUT2D eigenvalue weighted by atomic mass is 16.4. The summed E-state index contributed by atoms with van der Waals surface area (Å²) < 4.78 is 0. The van der Waals surface area contributed by atoms with Gasteiger partial charge in [-0.3, -0.25) is 0 Å². The summed E-state index contributed by atoms with van der Waals surface area (Å²) in [6.45, 7) is 1.52. The molecular weight excluding hydrogens is 182 g/mol. The summed E-state index contributed by atoms with van der Waals surface area (Å²) in [5.74, 6) is 4.02. The van der Waals surface area contributed by atoms with Crippen molar-refractivity contribution in [3.05, 3.63) is 29.6 Å². The molecule has 1 heterocycles. The number of aliphatic hydroxyl groups excluding tert-OH is 1. The highest BCUT2D eigenvalue weighted by Gasteiger charge is 2.02. The number of aromatic carboxylic acids is 1. The van der Waals surface area contributed by atoms with Crippen LogP contribution in [0.15, 0.2) is 18.3 Å². The summed E-state index contributed by atoms with van der Waals surface area (Å²) in [6, 6.07) is 2.74. The van der Waals surface area contributed by atoms with Gasteiger partial charge in [-0.2, -0.15) is 0 Å². The molecule has 4 heteroatoms. The number of pyridine rings is 1. The number of aromatic nitrogens is 1. The number of hydrogen-bond donors (Lipinski definition) is 2. The summed E-state index contributed by atoms with van der Waals surface area (Å²) in [7, 11) is 0. The van der Waals surface area contributed by atoms with Gasteiger partial charge < -0.3 is 10.2 Å². The molecule has 0 aromatic carbocycles. The molecule has 0 saturated heterocycles. The molecule has 1 aromatic heterocycles. The summed E-state index contributed by atoms with van der Waals surface area (Å²) in [6.07, 6.45) is 0.625. The van der Waals surface area contributed by atoms with Gasteiger partial charge in [0.15, 0.2) is 0 Å². The number of nitrogens with zero attached hydrogens (tertiary/aromatic N) is 1. The average molecular weight is 191 g/mol. The standard InChI is InChI=1S/C10H9NO3/c1-7(12)2-3-9-6-8(10(13)14)4-5-11-9/h4-7,12H,1H3,(H,13,14). The predicted molar refractivity (Wildman–Crippen MR) is 49.8 cm³/mol. The molecule has 14 heavy (non-hydrogen) atoms. The first kappa shape index (κ1) is 10.2. The molecule has 0 amide bonds. The first-order valence-corrected chi connectivity index (χ1v) is 3.98. The van der Waals surface area contributed by atoms with Crippen molar-refractivity contribution in [1.82, 2.24) is 4.98 Å². The van der Waals surface area contributed by atoms with Gasteiger partial charge in [-0.05, 0) is 25.0 Å². The zero-order chi connectivity index (χ0) is 10.6. The van der Waals surface area contributed by atoms with Gasteiger partial charge in [0.25, 0.3) is 0 Å². The van der Waals surface area contributed by atoms with E-state index in [1.165, 1.54) is 25.3 Å². The summed E-state index contributed by atoms with van der Waals surface area (Å²) in [4.78, 5) is 14.4. The Hall–Kier alpha value is -1.86. The van der Waals surface area contributed by atoms with Crippen molar-refractivity contribution in [2.24, 2.45) is 0 Å². The van der Waals surface area contributed by atoms with Crippen LogP contribution in [-0.2, 0) is 0 Å². The molecule has 0 radical (unpaired) electrons. The second kappa shape index (κ2) is 4.40. The van der Waals surface area contributed by atoms with E-state index in [0.29, 0.717) is 5.69 Å². The van der Waals surface area contributed by atoms with Crippen LogP contribution in [-0.4, -0.2) is 27.3 Å². The average Bonchev–Trinajstić information content (AvgIpc) is 2.15. The van der Waals surface area contributed by atoms with Crippen LogP contribution in [0.5, 0.6) is 0 Å². The Morgan fingerprint density at radius 3 is 2.93 bits per heavy atom. The van der Waals surface area contributed by atoms with Crippen LogP contribution < -0.4 is 0 Å². The Balaban J connectivity index is 2.96.